The van der Waals surface area contributed by atoms with E-state index in [2.05, 4.69) is 20.7 Å². The molecule has 0 spiro atoms. The molecule has 254 valence electrons. The van der Waals surface area contributed by atoms with E-state index in [1.807, 2.05) is 5.32 Å². The molecule has 0 radical (unpaired) electrons. The standard InChI is InChI=1S/C29H19BrF12N2O3/c30-18-10-15(23(28(37,38)39)29(40,41)42)11-20(47-26(32)33)22(18)43-24(45)17-2-1-3-19(21(17)31)44(12-13-4-5-13)25(46)14-6-8-16(9-7-14)27(34,35)36/h1-3,6-11,13,23,26H,4-5,12H2,(H,43,45). The molecule has 47 heavy (non-hydrogen) atoms. The van der Waals surface area contributed by atoms with E-state index in [-0.39, 0.29) is 30.2 Å². The normalized spacial score (nSPS) is 14.0. The molecule has 1 aliphatic carbocycles. The molecule has 0 aliphatic heterocycles. The summed E-state index contributed by atoms with van der Waals surface area (Å²) in [6, 6.07) is 6.41. The molecule has 0 atom stereocenters. The third-order valence-electron chi connectivity index (χ3n) is 6.87. The summed E-state index contributed by atoms with van der Waals surface area (Å²) in [7, 11) is 0. The highest BCUT2D eigenvalue weighted by atomic mass is 79.9. The van der Waals surface area contributed by atoms with E-state index in [1.165, 1.54) is 0 Å². The molecule has 1 N–H and O–H groups in total. The van der Waals surface area contributed by atoms with Crippen LogP contribution < -0.4 is 15.0 Å². The van der Waals surface area contributed by atoms with Gasteiger partial charge in [-0.2, -0.15) is 48.3 Å². The van der Waals surface area contributed by atoms with Gasteiger partial charge in [0.15, 0.2) is 17.5 Å². The van der Waals surface area contributed by atoms with Gasteiger partial charge in [-0.15, -0.1) is 0 Å². The average molecular weight is 751 g/mol. The Morgan fingerprint density at radius 2 is 1.51 bits per heavy atom. The van der Waals surface area contributed by atoms with E-state index < -0.39 is 87.0 Å². The highest BCUT2D eigenvalue weighted by Crippen LogP contribution is 2.49. The number of halogens is 13. The topological polar surface area (TPSA) is 58.6 Å². The second kappa shape index (κ2) is 13.3. The number of carbonyl (C=O) groups is 2. The summed E-state index contributed by atoms with van der Waals surface area (Å²) < 4.78 is 164. The van der Waals surface area contributed by atoms with Gasteiger partial charge in [0, 0.05) is 16.6 Å². The number of benzene rings is 3. The van der Waals surface area contributed by atoms with Crippen LogP contribution in [0.25, 0.3) is 0 Å². The molecule has 0 heterocycles. The number of carbonyl (C=O) groups excluding carboxylic acids is 2. The molecule has 2 amide bonds. The van der Waals surface area contributed by atoms with Crippen LogP contribution in [0.1, 0.15) is 50.6 Å². The van der Waals surface area contributed by atoms with Gasteiger partial charge in [-0.05, 0) is 88.8 Å². The molecule has 18 heteroatoms. The van der Waals surface area contributed by atoms with Crippen LogP contribution in [-0.4, -0.2) is 37.3 Å². The van der Waals surface area contributed by atoms with Crippen molar-refractivity contribution in [3.8, 4) is 5.75 Å². The van der Waals surface area contributed by atoms with Gasteiger partial charge in [-0.3, -0.25) is 9.59 Å². The zero-order valence-corrected chi connectivity index (χ0v) is 24.7. The van der Waals surface area contributed by atoms with Crippen LogP contribution in [-0.2, 0) is 6.18 Å². The fourth-order valence-corrected chi connectivity index (χ4v) is 5.09. The minimum atomic E-state index is -5.90. The minimum absolute atomic E-state index is 0.00502. The Balaban J connectivity index is 1.71. The van der Waals surface area contributed by atoms with E-state index >= 15 is 4.39 Å². The minimum Gasteiger partial charge on any atom is -0.433 e. The maximum Gasteiger partial charge on any atom is 0.416 e. The van der Waals surface area contributed by atoms with Crippen LogP contribution in [0.15, 0.2) is 59.1 Å². The Labute approximate surface area is 265 Å². The molecule has 1 fully saturated rings. The number of rotatable bonds is 9. The Morgan fingerprint density at radius 3 is 2.02 bits per heavy atom. The highest BCUT2D eigenvalue weighted by Gasteiger charge is 2.57. The smallest absolute Gasteiger partial charge is 0.416 e. The summed E-state index contributed by atoms with van der Waals surface area (Å²) in [6.45, 7) is -3.88. The predicted octanol–water partition coefficient (Wildman–Crippen LogP) is 9.73. The molecule has 0 saturated heterocycles. The molecule has 5 nitrogen and oxygen atoms in total. The summed E-state index contributed by atoms with van der Waals surface area (Å²) in [4.78, 5) is 27.4. The zero-order valence-electron chi connectivity index (χ0n) is 23.1. The number of alkyl halides is 11. The zero-order chi connectivity index (χ0) is 35.1. The first-order valence-corrected chi connectivity index (χ1v) is 14.0. The second-order valence-corrected chi connectivity index (χ2v) is 11.2. The highest BCUT2D eigenvalue weighted by molar-refractivity contribution is 9.10. The van der Waals surface area contributed by atoms with Crippen LogP contribution in [0, 0.1) is 11.7 Å². The molecule has 1 saturated carbocycles. The summed E-state index contributed by atoms with van der Waals surface area (Å²) >= 11 is 2.65. The molecular formula is C29H19BrF12N2O3. The summed E-state index contributed by atoms with van der Waals surface area (Å²) in [5.74, 6) is -9.26. The maximum atomic E-state index is 15.9. The quantitative estimate of drug-likeness (QED) is 0.222. The molecule has 4 rings (SSSR count). The van der Waals surface area contributed by atoms with Crippen molar-refractivity contribution in [2.45, 2.75) is 43.9 Å². The third-order valence-corrected chi connectivity index (χ3v) is 7.50. The van der Waals surface area contributed by atoms with E-state index in [4.69, 9.17) is 0 Å². The van der Waals surface area contributed by atoms with Crippen molar-refractivity contribution in [2.24, 2.45) is 5.92 Å². The van der Waals surface area contributed by atoms with Crippen LogP contribution in [0.2, 0.25) is 0 Å². The maximum absolute atomic E-state index is 15.9. The van der Waals surface area contributed by atoms with Crippen LogP contribution in [0.4, 0.5) is 64.1 Å². The van der Waals surface area contributed by atoms with Crippen LogP contribution in [0.3, 0.4) is 0 Å². The number of nitrogens with zero attached hydrogens (tertiary/aromatic N) is 1. The van der Waals surface area contributed by atoms with Gasteiger partial charge >= 0.3 is 25.1 Å². The number of nitrogens with one attached hydrogen (secondary N) is 1. The van der Waals surface area contributed by atoms with Gasteiger partial charge in [-0.25, -0.2) is 4.39 Å². The van der Waals surface area contributed by atoms with E-state index in [9.17, 15) is 57.9 Å². The molecule has 0 aromatic heterocycles. The van der Waals surface area contributed by atoms with Crippen LogP contribution in [0.5, 0.6) is 5.75 Å². The number of hydrogen-bond donors (Lipinski definition) is 1. The molecular weight excluding hydrogens is 732 g/mol. The Morgan fingerprint density at radius 1 is 0.915 bits per heavy atom. The Kier molecular flexibility index (Phi) is 10.1. The lowest BCUT2D eigenvalue weighted by Crippen LogP contribution is -2.34. The molecule has 0 unspecified atom stereocenters. The van der Waals surface area contributed by atoms with Gasteiger partial charge in [0.05, 0.1) is 22.5 Å². The number of ether oxygens (including phenoxy) is 1. The molecule has 3 aromatic carbocycles. The van der Waals surface area contributed by atoms with E-state index in [0.717, 1.165) is 35.2 Å². The number of amides is 2. The largest absolute Gasteiger partial charge is 0.433 e. The van der Waals surface area contributed by atoms with Crippen molar-refractivity contribution in [1.82, 2.24) is 0 Å². The van der Waals surface area contributed by atoms with Gasteiger partial charge in [0.1, 0.15) is 0 Å². The van der Waals surface area contributed by atoms with Gasteiger partial charge in [-0.1, -0.05) is 6.07 Å². The molecule has 0 bridgehead atoms. The summed E-state index contributed by atoms with van der Waals surface area (Å²) in [5.41, 5.74) is -5.06. The van der Waals surface area contributed by atoms with Crippen molar-refractivity contribution in [1.29, 1.82) is 0 Å². The SMILES string of the molecule is O=C(Nc1c(Br)cc(C(C(F)(F)F)C(F)(F)F)cc1OC(F)F)c1cccc(N(CC2CC2)C(=O)c2ccc(C(F)(F)F)cc2)c1F. The van der Waals surface area contributed by atoms with E-state index in [0.29, 0.717) is 25.0 Å². The molecule has 3 aromatic rings. The van der Waals surface area contributed by atoms with E-state index in [1.54, 1.807) is 0 Å². The van der Waals surface area contributed by atoms with Crippen LogP contribution >= 0.6 is 15.9 Å². The Hall–Kier alpha value is -3.96. The Bertz CT molecular complexity index is 1620. The molecule has 1 aliphatic rings. The van der Waals surface area contributed by atoms with Gasteiger partial charge in [0.25, 0.3) is 11.8 Å². The van der Waals surface area contributed by atoms with Crippen molar-refractivity contribution < 1.29 is 67.0 Å². The first-order chi connectivity index (χ1) is 21.7. The summed E-state index contributed by atoms with van der Waals surface area (Å²) in [6.07, 6.45) is -15.2. The number of hydrogen-bond acceptors (Lipinski definition) is 3. The fraction of sp³-hybridized carbons (Fsp3) is 0.310. The monoisotopic (exact) mass is 750 g/mol. The number of anilines is 2. The van der Waals surface area contributed by atoms with Crippen molar-refractivity contribution in [2.75, 3.05) is 16.8 Å². The predicted molar refractivity (Wildman–Crippen MR) is 146 cm³/mol. The second-order valence-electron chi connectivity index (χ2n) is 10.3. The summed E-state index contributed by atoms with van der Waals surface area (Å²) in [5, 5.41) is 1.93. The average Bonchev–Trinajstić information content (AvgIpc) is 3.75. The lowest BCUT2D eigenvalue weighted by atomic mass is 9.97. The fourth-order valence-electron chi connectivity index (χ4n) is 4.53. The lowest BCUT2D eigenvalue weighted by molar-refractivity contribution is -0.253. The van der Waals surface area contributed by atoms with Gasteiger partial charge in [0.2, 0.25) is 0 Å². The lowest BCUT2D eigenvalue weighted by Gasteiger charge is -2.25. The van der Waals surface area contributed by atoms with Crippen molar-refractivity contribution >= 4 is 39.1 Å². The first-order valence-electron chi connectivity index (χ1n) is 13.2. The van der Waals surface area contributed by atoms with Crippen molar-refractivity contribution in [3.05, 3.63) is 87.1 Å². The third kappa shape index (κ3) is 8.50. The first kappa shape index (κ1) is 35.9. The van der Waals surface area contributed by atoms with Crippen molar-refractivity contribution in [3.63, 3.8) is 0 Å². The van der Waals surface area contributed by atoms with Gasteiger partial charge < -0.3 is 15.0 Å².